The molecule has 0 heterocycles. The zero-order valence-corrected chi connectivity index (χ0v) is 22.5. The van der Waals surface area contributed by atoms with Crippen LogP contribution in [0.4, 0.5) is 0 Å². The van der Waals surface area contributed by atoms with Crippen LogP contribution in [-0.2, 0) is 0 Å². The molecule has 5 aliphatic carbocycles. The first-order chi connectivity index (χ1) is 14.9. The standard InChI is InChI=1S/C31H53N/c1-20(2)22-12-16-31(19-32)18-17-29(7)23(26(22)31)9-10-25-28(6)14-11-21(3)27(4,5)24(28)13-15-30(25,29)8/h21-26H,1,9-19,32H2,2-8H3/t21-,22-,23?,24?,25?,26?,28-,29+,30+,31+/m0/s1. The first-order valence-electron chi connectivity index (χ1n) is 14.2. The minimum atomic E-state index is 0.403. The van der Waals surface area contributed by atoms with Crippen LogP contribution < -0.4 is 5.73 Å². The largest absolute Gasteiger partial charge is 0.330 e. The van der Waals surface area contributed by atoms with Gasteiger partial charge in [0.2, 0.25) is 0 Å². The van der Waals surface area contributed by atoms with Gasteiger partial charge >= 0.3 is 0 Å². The number of allylic oxidation sites excluding steroid dienone is 1. The number of fused-ring (bicyclic) bond motifs is 7. The number of rotatable bonds is 2. The van der Waals surface area contributed by atoms with E-state index >= 15 is 0 Å². The van der Waals surface area contributed by atoms with E-state index in [1.165, 1.54) is 69.8 Å². The van der Waals surface area contributed by atoms with Crippen molar-refractivity contribution in [2.24, 2.45) is 68.3 Å². The summed E-state index contributed by atoms with van der Waals surface area (Å²) >= 11 is 0. The predicted octanol–water partition coefficient (Wildman–Crippen LogP) is 8.24. The Hall–Kier alpha value is -0.300. The van der Waals surface area contributed by atoms with Crippen molar-refractivity contribution in [3.8, 4) is 0 Å². The van der Waals surface area contributed by atoms with E-state index in [9.17, 15) is 0 Å². The van der Waals surface area contributed by atoms with Gasteiger partial charge in [0.05, 0.1) is 0 Å². The number of hydrogen-bond acceptors (Lipinski definition) is 1. The van der Waals surface area contributed by atoms with Crippen LogP contribution in [0.15, 0.2) is 12.2 Å². The molecule has 0 radical (unpaired) electrons. The first-order valence-corrected chi connectivity index (χ1v) is 14.2. The summed E-state index contributed by atoms with van der Waals surface area (Å²) in [7, 11) is 0. The van der Waals surface area contributed by atoms with Crippen molar-refractivity contribution >= 4 is 0 Å². The molecule has 0 aromatic carbocycles. The average molecular weight is 440 g/mol. The van der Waals surface area contributed by atoms with Crippen LogP contribution in [0.1, 0.15) is 113 Å². The van der Waals surface area contributed by atoms with Gasteiger partial charge in [0, 0.05) is 0 Å². The summed E-state index contributed by atoms with van der Waals surface area (Å²) < 4.78 is 0. The average Bonchev–Trinajstić information content (AvgIpc) is 3.12. The zero-order valence-electron chi connectivity index (χ0n) is 22.5. The Kier molecular flexibility index (Phi) is 5.21. The fourth-order valence-corrected chi connectivity index (χ4v) is 11.8. The van der Waals surface area contributed by atoms with Crippen LogP contribution in [0.2, 0.25) is 0 Å². The lowest BCUT2D eigenvalue weighted by atomic mass is 9.32. The lowest BCUT2D eigenvalue weighted by Gasteiger charge is -2.73. The van der Waals surface area contributed by atoms with Crippen molar-refractivity contribution < 1.29 is 0 Å². The summed E-state index contributed by atoms with van der Waals surface area (Å²) in [6.07, 6.45) is 14.2. The highest BCUT2D eigenvalue weighted by molar-refractivity contribution is 5.21. The first kappa shape index (κ1) is 23.4. The molecule has 2 N–H and O–H groups in total. The Morgan fingerprint density at radius 3 is 2.19 bits per heavy atom. The highest BCUT2D eigenvalue weighted by Gasteiger charge is 2.70. The molecule has 5 fully saturated rings. The lowest BCUT2D eigenvalue weighted by Crippen LogP contribution is -2.66. The maximum absolute atomic E-state index is 6.59. The van der Waals surface area contributed by atoms with Gasteiger partial charge in [-0.25, -0.2) is 0 Å². The van der Waals surface area contributed by atoms with E-state index in [1.807, 2.05) is 0 Å². The minimum absolute atomic E-state index is 0.403. The molecule has 182 valence electrons. The quantitative estimate of drug-likeness (QED) is 0.431. The van der Waals surface area contributed by atoms with Crippen molar-refractivity contribution in [2.45, 2.75) is 113 Å². The third-order valence-corrected chi connectivity index (χ3v) is 14.2. The molecule has 0 saturated heterocycles. The van der Waals surface area contributed by atoms with Crippen LogP contribution in [0.25, 0.3) is 0 Å². The molecule has 4 unspecified atom stereocenters. The summed E-state index contributed by atoms with van der Waals surface area (Å²) in [4.78, 5) is 0. The zero-order chi connectivity index (χ0) is 23.3. The monoisotopic (exact) mass is 439 g/mol. The summed E-state index contributed by atoms with van der Waals surface area (Å²) in [6, 6.07) is 0. The third kappa shape index (κ3) is 2.67. The van der Waals surface area contributed by atoms with Crippen LogP contribution in [0.3, 0.4) is 0 Å². The van der Waals surface area contributed by atoms with Crippen molar-refractivity contribution in [1.82, 2.24) is 0 Å². The second kappa shape index (κ2) is 7.11. The molecule has 0 aromatic rings. The molecule has 32 heavy (non-hydrogen) atoms. The Bertz CT molecular complexity index is 781. The van der Waals surface area contributed by atoms with Crippen LogP contribution in [0, 0.1) is 62.6 Å². The fourth-order valence-electron chi connectivity index (χ4n) is 11.8. The Morgan fingerprint density at radius 1 is 0.812 bits per heavy atom. The van der Waals surface area contributed by atoms with Crippen molar-refractivity contribution in [1.29, 1.82) is 0 Å². The number of hydrogen-bond donors (Lipinski definition) is 1. The maximum atomic E-state index is 6.59. The molecular formula is C31H53N. The molecule has 1 nitrogen and oxygen atoms in total. The smallest absolute Gasteiger partial charge is 0.00175 e. The molecule has 0 amide bonds. The number of nitrogens with two attached hydrogens (primary N) is 1. The molecule has 5 rings (SSSR count). The van der Waals surface area contributed by atoms with Crippen molar-refractivity contribution in [3.63, 3.8) is 0 Å². The highest BCUT2D eigenvalue weighted by Crippen LogP contribution is 2.77. The lowest BCUT2D eigenvalue weighted by molar-refractivity contribution is -0.241. The third-order valence-electron chi connectivity index (χ3n) is 14.2. The Morgan fingerprint density at radius 2 is 1.53 bits per heavy atom. The van der Waals surface area contributed by atoms with Crippen LogP contribution in [0.5, 0.6) is 0 Å². The van der Waals surface area contributed by atoms with E-state index in [0.717, 1.165) is 36.1 Å². The summed E-state index contributed by atoms with van der Waals surface area (Å²) in [6.45, 7) is 23.8. The summed E-state index contributed by atoms with van der Waals surface area (Å²) in [5.74, 6) is 5.02. The highest BCUT2D eigenvalue weighted by atomic mass is 14.8. The molecule has 0 aliphatic heterocycles. The molecular weight excluding hydrogens is 386 g/mol. The van der Waals surface area contributed by atoms with Crippen molar-refractivity contribution in [3.05, 3.63) is 12.2 Å². The molecule has 5 saturated carbocycles. The Balaban J connectivity index is 1.55. The van der Waals surface area contributed by atoms with Gasteiger partial charge in [-0.2, -0.15) is 0 Å². The molecule has 10 atom stereocenters. The van der Waals surface area contributed by atoms with Gasteiger partial charge in [0.15, 0.2) is 0 Å². The van der Waals surface area contributed by atoms with Gasteiger partial charge in [-0.1, -0.05) is 53.7 Å². The van der Waals surface area contributed by atoms with E-state index in [1.54, 1.807) is 0 Å². The van der Waals surface area contributed by atoms with Gasteiger partial charge in [-0.3, -0.25) is 0 Å². The minimum Gasteiger partial charge on any atom is -0.330 e. The van der Waals surface area contributed by atoms with Crippen LogP contribution in [-0.4, -0.2) is 6.54 Å². The van der Waals surface area contributed by atoms with Gasteiger partial charge in [0.1, 0.15) is 0 Å². The van der Waals surface area contributed by atoms with E-state index in [4.69, 9.17) is 5.73 Å². The van der Waals surface area contributed by atoms with Gasteiger partial charge < -0.3 is 5.73 Å². The maximum Gasteiger partial charge on any atom is -0.00175 e. The SMILES string of the molecule is C=C(C)[C@@H]1CC[C@]2(CN)CC[C@]3(C)C(CCC4[C@@]5(C)CC[C@H](C)C(C)(C)C5CC[C@]43C)C12. The van der Waals surface area contributed by atoms with E-state index < -0.39 is 0 Å². The predicted molar refractivity (Wildman–Crippen MR) is 137 cm³/mol. The van der Waals surface area contributed by atoms with E-state index in [0.29, 0.717) is 33.0 Å². The Labute approximate surface area is 199 Å². The molecule has 0 bridgehead atoms. The van der Waals surface area contributed by atoms with Gasteiger partial charge in [-0.15, -0.1) is 0 Å². The van der Waals surface area contributed by atoms with Crippen LogP contribution >= 0.6 is 0 Å². The summed E-state index contributed by atoms with van der Waals surface area (Å²) in [5.41, 5.74) is 10.4. The second-order valence-corrected chi connectivity index (χ2v) is 15.0. The molecule has 1 heteroatoms. The van der Waals surface area contributed by atoms with Crippen molar-refractivity contribution in [2.75, 3.05) is 6.54 Å². The molecule has 0 spiro atoms. The van der Waals surface area contributed by atoms with Gasteiger partial charge in [-0.05, 0) is 140 Å². The normalized spacial score (nSPS) is 56.5. The fraction of sp³-hybridized carbons (Fsp3) is 0.935. The molecule has 0 aromatic heterocycles. The second-order valence-electron chi connectivity index (χ2n) is 15.0. The van der Waals surface area contributed by atoms with Gasteiger partial charge in [0.25, 0.3) is 0 Å². The summed E-state index contributed by atoms with van der Waals surface area (Å²) in [5, 5.41) is 0. The topological polar surface area (TPSA) is 26.0 Å². The van der Waals surface area contributed by atoms with E-state index in [2.05, 4.69) is 55.0 Å². The molecule has 5 aliphatic rings. The van der Waals surface area contributed by atoms with E-state index in [-0.39, 0.29) is 0 Å².